The van der Waals surface area contributed by atoms with Gasteiger partial charge in [-0.1, -0.05) is 0 Å². The van der Waals surface area contributed by atoms with Crippen molar-refractivity contribution in [2.45, 2.75) is 30.7 Å². The first kappa shape index (κ1) is 45.0. The zero-order valence-corrected chi connectivity index (χ0v) is 33.1. The van der Waals surface area contributed by atoms with Crippen molar-refractivity contribution >= 4 is 29.8 Å². The second kappa shape index (κ2) is 15.8. The molecular formula is C41H28O27. The van der Waals surface area contributed by atoms with Crippen molar-refractivity contribution in [1.82, 2.24) is 0 Å². The lowest BCUT2D eigenvalue weighted by Gasteiger charge is -2.43. The number of phenols is 14. The number of carboxylic acid groups (broad SMARTS) is 1. The fraction of sp³-hybridized carbons (Fsp3) is 0.146. The Kier molecular flexibility index (Phi) is 10.5. The molecule has 0 bridgehead atoms. The number of aliphatic hydroxyl groups is 1. The fourth-order valence-corrected chi connectivity index (χ4v) is 7.53. The summed E-state index contributed by atoms with van der Waals surface area (Å²) in [7, 11) is 0. The van der Waals surface area contributed by atoms with Gasteiger partial charge in [0, 0.05) is 34.4 Å². The van der Waals surface area contributed by atoms with Gasteiger partial charge >= 0.3 is 29.8 Å². The topological polar surface area (TPSA) is 464 Å². The van der Waals surface area contributed by atoms with E-state index in [9.17, 15) is 106 Å². The summed E-state index contributed by atoms with van der Waals surface area (Å²) in [6.07, 6.45) is -11.7. The van der Waals surface area contributed by atoms with E-state index in [1.165, 1.54) is 0 Å². The van der Waals surface area contributed by atoms with Crippen molar-refractivity contribution in [3.63, 3.8) is 0 Å². The Morgan fingerprint density at radius 3 is 1.31 bits per heavy atom. The fourth-order valence-electron chi connectivity index (χ4n) is 7.53. The smallest absolute Gasteiger partial charge is 0.339 e. The van der Waals surface area contributed by atoms with E-state index in [2.05, 4.69) is 0 Å². The summed E-state index contributed by atoms with van der Waals surface area (Å²) in [6, 6.07) is 2.09. The molecule has 3 aliphatic rings. The number of aliphatic hydroxyl groups excluding tert-OH is 1. The van der Waals surface area contributed by atoms with E-state index in [1.807, 2.05) is 0 Å². The molecule has 5 atom stereocenters. The molecular weight excluding hydrogens is 924 g/mol. The molecule has 0 radical (unpaired) electrons. The van der Waals surface area contributed by atoms with Gasteiger partial charge < -0.3 is 110 Å². The Morgan fingerprint density at radius 2 is 0.853 bits per heavy atom. The molecule has 0 aromatic heterocycles. The zero-order chi connectivity index (χ0) is 49.7. The van der Waals surface area contributed by atoms with E-state index in [0.29, 0.717) is 30.3 Å². The number of esters is 4. The van der Waals surface area contributed by atoms with Gasteiger partial charge in [0.25, 0.3) is 0 Å². The van der Waals surface area contributed by atoms with Gasteiger partial charge in [-0.25, -0.2) is 24.0 Å². The Bertz CT molecular complexity index is 3100. The van der Waals surface area contributed by atoms with Crippen LogP contribution in [0, 0.1) is 0 Å². The molecule has 1 saturated heterocycles. The molecule has 0 aliphatic carbocycles. The first-order valence-corrected chi connectivity index (χ1v) is 18.7. The number of fused-ring (bicyclic) bond motifs is 9. The molecule has 0 saturated carbocycles. The average molecular weight is 953 g/mol. The lowest BCUT2D eigenvalue weighted by atomic mass is 9.91. The molecule has 16 N–H and O–H groups in total. The van der Waals surface area contributed by atoms with Crippen molar-refractivity contribution in [2.24, 2.45) is 0 Å². The number of carbonyl (C=O) groups excluding carboxylic acids is 4. The van der Waals surface area contributed by atoms with Crippen molar-refractivity contribution in [2.75, 3.05) is 6.61 Å². The molecule has 0 spiro atoms. The SMILES string of the molecule is O=C(O)c1cc(O)c(O)c(O)c1Oc1cc2c(c(O)c1O)-c1c(cc(O)c(O)c1O)C(=O)OC1C(COC2=O)OC(O)C2OC(=O)c3cc(O)c(O)c(O)c3-c3c(cc(O)c(O)c3O)C(=O)OC21. The summed E-state index contributed by atoms with van der Waals surface area (Å²) in [6.45, 7) is -1.25. The maximum Gasteiger partial charge on any atom is 0.339 e. The van der Waals surface area contributed by atoms with Crippen molar-refractivity contribution in [3.05, 3.63) is 58.1 Å². The molecule has 354 valence electrons. The average Bonchev–Trinajstić information content (AvgIpc) is 3.30. The molecule has 27 nitrogen and oxygen atoms in total. The minimum Gasteiger partial charge on any atom is -0.504 e. The number of cyclic esters (lactones) is 1. The van der Waals surface area contributed by atoms with Crippen LogP contribution in [-0.2, 0) is 23.7 Å². The number of ether oxygens (including phenoxy) is 6. The number of aromatic hydroxyl groups is 14. The van der Waals surface area contributed by atoms with Gasteiger partial charge in [-0.05, 0) is 18.2 Å². The summed E-state index contributed by atoms with van der Waals surface area (Å²) in [5.41, 5.74) is -9.78. The molecule has 0 amide bonds. The summed E-state index contributed by atoms with van der Waals surface area (Å²) in [4.78, 5) is 68.6. The molecule has 8 rings (SSSR count). The van der Waals surface area contributed by atoms with Crippen LogP contribution in [0.1, 0.15) is 51.8 Å². The van der Waals surface area contributed by atoms with E-state index >= 15 is 0 Å². The summed E-state index contributed by atoms with van der Waals surface area (Å²) in [5, 5.41) is 170. The van der Waals surface area contributed by atoms with Gasteiger partial charge in [0.05, 0.1) is 22.3 Å². The van der Waals surface area contributed by atoms with Crippen molar-refractivity contribution < 1.29 is 134 Å². The molecule has 5 aromatic carbocycles. The van der Waals surface area contributed by atoms with E-state index < -0.39 is 209 Å². The number of benzene rings is 5. The monoisotopic (exact) mass is 952 g/mol. The van der Waals surface area contributed by atoms with Crippen molar-refractivity contribution in [1.29, 1.82) is 0 Å². The maximum atomic E-state index is 14.4. The molecule has 5 unspecified atom stereocenters. The molecule has 1 fully saturated rings. The van der Waals surface area contributed by atoms with Gasteiger partial charge in [-0.3, -0.25) is 0 Å². The number of hydrogen-bond acceptors (Lipinski definition) is 26. The van der Waals surface area contributed by atoms with Crippen molar-refractivity contribution in [3.8, 4) is 114 Å². The van der Waals surface area contributed by atoms with Crippen LogP contribution >= 0.6 is 0 Å². The Hall–Kier alpha value is -9.63. The minimum absolute atomic E-state index is 0.376. The van der Waals surface area contributed by atoms with E-state index in [1.54, 1.807) is 0 Å². The van der Waals surface area contributed by atoms with Crippen LogP contribution < -0.4 is 4.74 Å². The van der Waals surface area contributed by atoms with Crippen LogP contribution in [0.15, 0.2) is 30.3 Å². The number of phenolic OH excluding ortho intramolecular Hbond substituents is 14. The second-order valence-electron chi connectivity index (χ2n) is 14.7. The van der Waals surface area contributed by atoms with E-state index in [4.69, 9.17) is 28.4 Å². The number of carbonyl (C=O) groups is 5. The van der Waals surface area contributed by atoms with Crippen LogP contribution in [0.3, 0.4) is 0 Å². The Morgan fingerprint density at radius 1 is 0.471 bits per heavy atom. The highest BCUT2D eigenvalue weighted by atomic mass is 16.7. The molecule has 27 heteroatoms. The summed E-state index contributed by atoms with van der Waals surface area (Å²) in [5.74, 6) is -30.6. The van der Waals surface area contributed by atoms with Gasteiger partial charge in [-0.2, -0.15) is 0 Å². The predicted molar refractivity (Wildman–Crippen MR) is 209 cm³/mol. The van der Waals surface area contributed by atoms with E-state index in [-0.39, 0.29) is 0 Å². The first-order valence-electron chi connectivity index (χ1n) is 18.7. The minimum atomic E-state index is -2.52. The first-order chi connectivity index (χ1) is 31.9. The van der Waals surface area contributed by atoms with Crippen LogP contribution in [0.2, 0.25) is 0 Å². The Labute approximate surface area is 373 Å². The lowest BCUT2D eigenvalue weighted by Crippen LogP contribution is -2.62. The second-order valence-corrected chi connectivity index (χ2v) is 14.7. The van der Waals surface area contributed by atoms with Gasteiger partial charge in [0.1, 0.15) is 18.3 Å². The Balaban J connectivity index is 1.30. The van der Waals surface area contributed by atoms with E-state index in [0.717, 1.165) is 0 Å². The zero-order valence-electron chi connectivity index (χ0n) is 33.1. The number of hydrogen-bond donors (Lipinski definition) is 16. The molecule has 3 heterocycles. The van der Waals surface area contributed by atoms with Gasteiger partial charge in [0.2, 0.25) is 34.5 Å². The molecule has 5 aromatic rings. The van der Waals surface area contributed by atoms with Crippen LogP contribution in [0.5, 0.6) is 92.0 Å². The van der Waals surface area contributed by atoms with Crippen LogP contribution in [-0.4, -0.2) is 149 Å². The third kappa shape index (κ3) is 6.80. The highest BCUT2D eigenvalue weighted by Crippen LogP contribution is 2.56. The summed E-state index contributed by atoms with van der Waals surface area (Å²) >= 11 is 0. The normalized spacial score (nSPS) is 19.9. The van der Waals surface area contributed by atoms with Crippen LogP contribution in [0.25, 0.3) is 22.3 Å². The largest absolute Gasteiger partial charge is 0.504 e. The lowest BCUT2D eigenvalue weighted by molar-refractivity contribution is -0.284. The summed E-state index contributed by atoms with van der Waals surface area (Å²) < 4.78 is 32.7. The number of rotatable bonds is 3. The van der Waals surface area contributed by atoms with Gasteiger partial charge in [-0.15, -0.1) is 0 Å². The number of carboxylic acids is 1. The highest BCUT2D eigenvalue weighted by molar-refractivity contribution is 6.10. The predicted octanol–water partition coefficient (Wildman–Crippen LogP) is 1.57. The number of aromatic carboxylic acids is 1. The molecule has 3 aliphatic heterocycles. The quantitative estimate of drug-likeness (QED) is 0.0693. The highest BCUT2D eigenvalue weighted by Gasteiger charge is 2.54. The standard InChI is InChI=1S/C41H28O27/c42-12-1-7-20(29(53)24(12)48)21-10(5-16(26(50)30(21)54)64-32-11(36(56)57)4-15(45)25(49)31(32)55)37(58)63-6-17-33(66-38(7)59)34-35(41(62)65-17)68-40(61)9-3-14(44)23(47)28(52)19(9)18-8(39(60)67-34)2-13(43)22(46)27(18)51/h1-5,17,33-35,41-55,62H,6H2,(H,56,57). The third-order valence-corrected chi connectivity index (χ3v) is 10.7. The van der Waals surface area contributed by atoms with Gasteiger partial charge in [0.15, 0.2) is 82.1 Å². The molecule has 68 heavy (non-hydrogen) atoms. The van der Waals surface area contributed by atoms with Crippen LogP contribution in [0.4, 0.5) is 0 Å². The third-order valence-electron chi connectivity index (χ3n) is 10.7. The maximum absolute atomic E-state index is 14.4.